The largest absolute Gasteiger partial charge is 0.467 e. The lowest BCUT2D eigenvalue weighted by Crippen LogP contribution is -2.16. The summed E-state index contributed by atoms with van der Waals surface area (Å²) in [5, 5.41) is 10.5. The summed E-state index contributed by atoms with van der Waals surface area (Å²) in [6.45, 7) is 7.57. The fourth-order valence-corrected chi connectivity index (χ4v) is 2.25. The van der Waals surface area contributed by atoms with E-state index >= 15 is 0 Å². The minimum absolute atomic E-state index is 0.231. The van der Waals surface area contributed by atoms with Crippen molar-refractivity contribution in [3.05, 3.63) is 32.8 Å². The van der Waals surface area contributed by atoms with E-state index in [9.17, 15) is 5.26 Å². The van der Waals surface area contributed by atoms with Gasteiger partial charge in [0.15, 0.2) is 0 Å². The van der Waals surface area contributed by atoms with Gasteiger partial charge in [0.25, 0.3) is 0 Å². The van der Waals surface area contributed by atoms with Crippen molar-refractivity contribution in [2.24, 2.45) is 0 Å². The van der Waals surface area contributed by atoms with E-state index in [1.54, 1.807) is 12.3 Å². The molecule has 0 N–H and O–H groups in total. The van der Waals surface area contributed by atoms with Crippen LogP contribution in [0.3, 0.4) is 0 Å². The standard InChI is InChI=1S/C12H10N4OS/c1-7-8(2)18-11(15-7)9(6-13)10-4-5-14-12(16-10)17-3/h4-5,9H,1-2H2,3H3. The molecule has 2 rings (SSSR count). The Morgan fingerprint density at radius 3 is 2.78 bits per heavy atom. The zero-order valence-corrected chi connectivity index (χ0v) is 10.6. The van der Waals surface area contributed by atoms with Gasteiger partial charge in [-0.3, -0.25) is 0 Å². The van der Waals surface area contributed by atoms with Gasteiger partial charge >= 0.3 is 6.01 Å². The number of nitrogens with zero attached hydrogens (tertiary/aromatic N) is 4. The minimum atomic E-state index is -0.553. The molecule has 2 aromatic heterocycles. The van der Waals surface area contributed by atoms with Crippen LogP contribution in [0.15, 0.2) is 12.3 Å². The summed E-state index contributed by atoms with van der Waals surface area (Å²) >= 11 is 1.35. The molecule has 1 atom stereocenters. The van der Waals surface area contributed by atoms with Gasteiger partial charge in [0.05, 0.1) is 24.2 Å². The van der Waals surface area contributed by atoms with Crippen molar-refractivity contribution < 1.29 is 4.74 Å². The zero-order chi connectivity index (χ0) is 13.1. The Bertz CT molecular complexity index is 676. The van der Waals surface area contributed by atoms with E-state index < -0.39 is 5.92 Å². The van der Waals surface area contributed by atoms with E-state index in [2.05, 4.69) is 34.2 Å². The van der Waals surface area contributed by atoms with Crippen molar-refractivity contribution >= 4 is 24.5 Å². The summed E-state index contributed by atoms with van der Waals surface area (Å²) < 4.78 is 5.70. The number of ether oxygens (including phenoxy) is 1. The molecule has 0 bridgehead atoms. The van der Waals surface area contributed by atoms with Gasteiger partial charge in [0.1, 0.15) is 10.9 Å². The first-order chi connectivity index (χ1) is 8.65. The van der Waals surface area contributed by atoms with Crippen LogP contribution in [0.1, 0.15) is 16.6 Å². The highest BCUT2D eigenvalue weighted by Crippen LogP contribution is 2.22. The highest BCUT2D eigenvalue weighted by Gasteiger charge is 2.19. The van der Waals surface area contributed by atoms with E-state index in [0.29, 0.717) is 16.1 Å². The molecule has 0 aliphatic rings. The van der Waals surface area contributed by atoms with Crippen LogP contribution < -0.4 is 14.6 Å². The van der Waals surface area contributed by atoms with Gasteiger partial charge < -0.3 is 4.74 Å². The van der Waals surface area contributed by atoms with Gasteiger partial charge in [-0.2, -0.15) is 10.2 Å². The van der Waals surface area contributed by atoms with Gasteiger partial charge in [-0.1, -0.05) is 13.2 Å². The van der Waals surface area contributed by atoms with Crippen LogP contribution in [-0.2, 0) is 0 Å². The average molecular weight is 258 g/mol. The lowest BCUT2D eigenvalue weighted by Gasteiger charge is -2.05. The third-order valence-corrected chi connectivity index (χ3v) is 3.32. The number of thiazole rings is 1. The fraction of sp³-hybridized carbons (Fsp3) is 0.167. The molecule has 2 heterocycles. The Hall–Kier alpha value is -2.26. The first kappa shape index (κ1) is 12.2. The molecule has 5 nitrogen and oxygen atoms in total. The predicted molar refractivity (Wildman–Crippen MR) is 68.4 cm³/mol. The van der Waals surface area contributed by atoms with Crippen molar-refractivity contribution in [2.75, 3.05) is 7.11 Å². The molecule has 90 valence electrons. The molecule has 0 spiro atoms. The lowest BCUT2D eigenvalue weighted by molar-refractivity contribution is 0.378. The van der Waals surface area contributed by atoms with Crippen molar-refractivity contribution in [2.45, 2.75) is 5.92 Å². The highest BCUT2D eigenvalue weighted by molar-refractivity contribution is 7.09. The maximum Gasteiger partial charge on any atom is 0.316 e. The molecule has 0 radical (unpaired) electrons. The van der Waals surface area contributed by atoms with Gasteiger partial charge in [-0.15, -0.1) is 11.3 Å². The first-order valence-corrected chi connectivity index (χ1v) is 5.88. The summed E-state index contributed by atoms with van der Waals surface area (Å²) in [6.07, 6.45) is 1.55. The summed E-state index contributed by atoms with van der Waals surface area (Å²) in [5.41, 5.74) is 0.554. The summed E-state index contributed by atoms with van der Waals surface area (Å²) in [4.78, 5) is 12.3. The Kier molecular flexibility index (Phi) is 3.35. The van der Waals surface area contributed by atoms with Gasteiger partial charge in [-0.05, 0) is 6.07 Å². The Balaban J connectivity index is 2.48. The van der Waals surface area contributed by atoms with E-state index in [4.69, 9.17) is 4.74 Å². The molecule has 2 aromatic rings. The summed E-state index contributed by atoms with van der Waals surface area (Å²) in [6, 6.07) is 4.07. The molecule has 1 unspecified atom stereocenters. The second-order valence-corrected chi connectivity index (χ2v) is 4.57. The number of methoxy groups -OCH3 is 1. The van der Waals surface area contributed by atoms with E-state index in [-0.39, 0.29) is 6.01 Å². The normalized spacial score (nSPS) is 11.8. The maximum atomic E-state index is 9.27. The van der Waals surface area contributed by atoms with Crippen LogP contribution in [0.4, 0.5) is 0 Å². The Labute approximate surface area is 108 Å². The topological polar surface area (TPSA) is 71.7 Å². The van der Waals surface area contributed by atoms with Crippen molar-refractivity contribution in [1.29, 1.82) is 5.26 Å². The number of rotatable bonds is 3. The van der Waals surface area contributed by atoms with E-state index in [0.717, 1.165) is 4.53 Å². The van der Waals surface area contributed by atoms with Gasteiger partial charge in [0.2, 0.25) is 0 Å². The van der Waals surface area contributed by atoms with Gasteiger partial charge in [-0.25, -0.2) is 9.97 Å². The van der Waals surface area contributed by atoms with Crippen LogP contribution >= 0.6 is 11.3 Å². The van der Waals surface area contributed by atoms with Crippen molar-refractivity contribution in [3.8, 4) is 12.1 Å². The average Bonchev–Trinajstić information content (AvgIpc) is 2.70. The molecule has 0 aromatic carbocycles. The van der Waals surface area contributed by atoms with Crippen LogP contribution in [0.2, 0.25) is 0 Å². The molecular weight excluding hydrogens is 248 g/mol. The third kappa shape index (κ3) is 2.21. The van der Waals surface area contributed by atoms with Crippen molar-refractivity contribution in [3.63, 3.8) is 0 Å². The molecule has 0 aliphatic heterocycles. The van der Waals surface area contributed by atoms with Crippen LogP contribution in [0.5, 0.6) is 6.01 Å². The molecular formula is C12H10N4OS. The summed E-state index contributed by atoms with van der Waals surface area (Å²) in [7, 11) is 1.48. The number of nitriles is 1. The molecule has 0 saturated heterocycles. The quantitative estimate of drug-likeness (QED) is 0.797. The fourth-order valence-electron chi connectivity index (χ4n) is 1.39. The molecule has 18 heavy (non-hydrogen) atoms. The summed E-state index contributed by atoms with van der Waals surface area (Å²) in [5.74, 6) is -0.553. The second kappa shape index (κ2) is 4.94. The monoisotopic (exact) mass is 258 g/mol. The Morgan fingerprint density at radius 2 is 2.22 bits per heavy atom. The second-order valence-electron chi connectivity index (χ2n) is 3.45. The lowest BCUT2D eigenvalue weighted by atomic mass is 10.1. The van der Waals surface area contributed by atoms with Crippen LogP contribution in [0.25, 0.3) is 13.2 Å². The van der Waals surface area contributed by atoms with E-state index in [1.165, 1.54) is 18.4 Å². The van der Waals surface area contributed by atoms with E-state index in [1.807, 2.05) is 0 Å². The number of hydrogen-bond acceptors (Lipinski definition) is 6. The minimum Gasteiger partial charge on any atom is -0.467 e. The molecule has 0 amide bonds. The molecule has 0 aliphatic carbocycles. The number of hydrogen-bond donors (Lipinski definition) is 0. The number of aromatic nitrogens is 3. The molecule has 6 heteroatoms. The SMILES string of the molecule is C=c1nc(C(C#N)c2ccnc(OC)n2)sc1=C. The smallest absolute Gasteiger partial charge is 0.316 e. The highest BCUT2D eigenvalue weighted by atomic mass is 32.1. The predicted octanol–water partition coefficient (Wildman–Crippen LogP) is 0.418. The Morgan fingerprint density at radius 1 is 1.44 bits per heavy atom. The molecule has 0 saturated carbocycles. The van der Waals surface area contributed by atoms with Gasteiger partial charge in [0, 0.05) is 10.7 Å². The first-order valence-electron chi connectivity index (χ1n) is 5.07. The van der Waals surface area contributed by atoms with Crippen LogP contribution in [0, 0.1) is 11.3 Å². The van der Waals surface area contributed by atoms with Crippen LogP contribution in [-0.4, -0.2) is 22.1 Å². The maximum absolute atomic E-state index is 9.27. The van der Waals surface area contributed by atoms with Crippen molar-refractivity contribution in [1.82, 2.24) is 15.0 Å². The third-order valence-electron chi connectivity index (χ3n) is 2.30. The molecule has 0 fully saturated rings. The zero-order valence-electron chi connectivity index (χ0n) is 9.75.